The Kier molecular flexibility index (Phi) is 6.26. The van der Waals surface area contributed by atoms with Gasteiger partial charge in [-0.2, -0.15) is 11.8 Å². The van der Waals surface area contributed by atoms with Crippen LogP contribution in [0.2, 0.25) is 0 Å². The molecule has 138 valence electrons. The molecular formula is C20H19N3O2S2. The third kappa shape index (κ3) is 5.18. The summed E-state index contributed by atoms with van der Waals surface area (Å²) < 4.78 is 0. The lowest BCUT2D eigenvalue weighted by atomic mass is 10.1. The summed E-state index contributed by atoms with van der Waals surface area (Å²) in [6.45, 7) is 1.47. The molecule has 2 N–H and O–H groups in total. The second-order valence-electron chi connectivity index (χ2n) is 5.88. The number of benzene rings is 2. The average molecular weight is 398 g/mol. The first kappa shape index (κ1) is 19.1. The first-order valence-electron chi connectivity index (χ1n) is 8.28. The number of nitrogens with zero attached hydrogens (tertiary/aromatic N) is 1. The monoisotopic (exact) mass is 397 g/mol. The first-order valence-corrected chi connectivity index (χ1v) is 10.6. The molecule has 3 rings (SSSR count). The van der Waals surface area contributed by atoms with E-state index in [1.807, 2.05) is 60.2 Å². The van der Waals surface area contributed by atoms with Gasteiger partial charge in [0.25, 0.3) is 5.91 Å². The molecule has 5 nitrogen and oxygen atoms in total. The smallest absolute Gasteiger partial charge is 0.257 e. The molecule has 0 aliphatic heterocycles. The van der Waals surface area contributed by atoms with Gasteiger partial charge in [0, 0.05) is 34.9 Å². The summed E-state index contributed by atoms with van der Waals surface area (Å²) in [5.74, 6) is 0.647. The minimum absolute atomic E-state index is 0.108. The minimum Gasteiger partial charge on any atom is -0.326 e. The van der Waals surface area contributed by atoms with Crippen LogP contribution in [0.25, 0.3) is 11.3 Å². The molecule has 2 aromatic carbocycles. The van der Waals surface area contributed by atoms with E-state index in [1.165, 1.54) is 23.8 Å². The van der Waals surface area contributed by atoms with E-state index >= 15 is 0 Å². The summed E-state index contributed by atoms with van der Waals surface area (Å²) in [5.41, 5.74) is 4.23. The third-order valence-electron chi connectivity index (χ3n) is 3.75. The molecule has 0 bridgehead atoms. The van der Waals surface area contributed by atoms with Crippen LogP contribution >= 0.6 is 23.1 Å². The lowest BCUT2D eigenvalue weighted by molar-refractivity contribution is -0.114. The maximum atomic E-state index is 12.4. The number of carbonyl (C=O) groups is 2. The van der Waals surface area contributed by atoms with Gasteiger partial charge >= 0.3 is 0 Å². The molecule has 0 fully saturated rings. The molecule has 1 aromatic heterocycles. The van der Waals surface area contributed by atoms with E-state index in [2.05, 4.69) is 15.6 Å². The van der Waals surface area contributed by atoms with Gasteiger partial charge in [0.15, 0.2) is 5.13 Å². The van der Waals surface area contributed by atoms with Crippen molar-refractivity contribution in [3.05, 3.63) is 65.0 Å². The van der Waals surface area contributed by atoms with Gasteiger partial charge in [0.1, 0.15) is 0 Å². The van der Waals surface area contributed by atoms with Crippen LogP contribution < -0.4 is 10.6 Å². The Morgan fingerprint density at radius 1 is 1.04 bits per heavy atom. The van der Waals surface area contributed by atoms with Crippen molar-refractivity contribution in [2.45, 2.75) is 12.7 Å². The van der Waals surface area contributed by atoms with Crippen molar-refractivity contribution in [1.82, 2.24) is 4.98 Å². The Bertz CT molecular complexity index is 935. The van der Waals surface area contributed by atoms with Crippen molar-refractivity contribution >= 4 is 45.7 Å². The topological polar surface area (TPSA) is 71.1 Å². The summed E-state index contributed by atoms with van der Waals surface area (Å²) in [4.78, 5) is 27.9. The summed E-state index contributed by atoms with van der Waals surface area (Å²) in [5, 5.41) is 8.02. The molecule has 27 heavy (non-hydrogen) atoms. The normalized spacial score (nSPS) is 10.4. The summed E-state index contributed by atoms with van der Waals surface area (Å²) >= 11 is 3.12. The highest BCUT2D eigenvalue weighted by atomic mass is 32.2. The van der Waals surface area contributed by atoms with Crippen molar-refractivity contribution in [1.29, 1.82) is 0 Å². The van der Waals surface area contributed by atoms with Crippen LogP contribution in [0.5, 0.6) is 0 Å². The van der Waals surface area contributed by atoms with Crippen LogP contribution in [0.15, 0.2) is 53.9 Å². The van der Waals surface area contributed by atoms with Gasteiger partial charge < -0.3 is 5.32 Å². The molecule has 0 spiro atoms. The molecule has 2 amide bonds. The van der Waals surface area contributed by atoms with Gasteiger partial charge in [0.2, 0.25) is 5.91 Å². The predicted octanol–water partition coefficient (Wildman–Crippen LogP) is 4.88. The second kappa shape index (κ2) is 8.83. The lowest BCUT2D eigenvalue weighted by Crippen LogP contribution is -2.11. The van der Waals surface area contributed by atoms with Crippen molar-refractivity contribution in [3.63, 3.8) is 0 Å². The Labute approximate surface area is 166 Å². The van der Waals surface area contributed by atoms with Crippen LogP contribution in [0, 0.1) is 0 Å². The fourth-order valence-corrected chi connectivity index (χ4v) is 3.72. The van der Waals surface area contributed by atoms with Crippen LogP contribution in [0.3, 0.4) is 0 Å². The Balaban J connectivity index is 1.66. The number of carbonyl (C=O) groups excluding carboxylic acids is 2. The highest BCUT2D eigenvalue weighted by Gasteiger charge is 2.10. The fraction of sp³-hybridized carbons (Fsp3) is 0.150. The molecule has 0 radical (unpaired) electrons. The molecular weight excluding hydrogens is 378 g/mol. The molecule has 7 heteroatoms. The van der Waals surface area contributed by atoms with Gasteiger partial charge in [-0.15, -0.1) is 11.3 Å². The zero-order valence-corrected chi connectivity index (χ0v) is 16.6. The van der Waals surface area contributed by atoms with Gasteiger partial charge in [-0.05, 0) is 36.1 Å². The van der Waals surface area contributed by atoms with Gasteiger partial charge in [-0.1, -0.05) is 24.3 Å². The van der Waals surface area contributed by atoms with Gasteiger partial charge in [0.05, 0.1) is 5.69 Å². The van der Waals surface area contributed by atoms with E-state index < -0.39 is 0 Å². The van der Waals surface area contributed by atoms with Crippen molar-refractivity contribution in [2.24, 2.45) is 0 Å². The standard InChI is InChI=1S/C20H19N3O2S2/c1-13(24)21-17-9-7-15(8-10-17)18-12-27-20(22-18)23-19(25)16-5-3-14(4-6-16)11-26-2/h3-10,12H,11H2,1-2H3,(H,21,24)(H,22,23,25). The summed E-state index contributed by atoms with van der Waals surface area (Å²) in [6, 6.07) is 15.0. The number of hydrogen-bond acceptors (Lipinski definition) is 5. The number of rotatable bonds is 6. The maximum Gasteiger partial charge on any atom is 0.257 e. The van der Waals surface area contributed by atoms with Gasteiger partial charge in [-0.3, -0.25) is 14.9 Å². The predicted molar refractivity (Wildman–Crippen MR) is 113 cm³/mol. The highest BCUT2D eigenvalue weighted by molar-refractivity contribution is 7.97. The zero-order chi connectivity index (χ0) is 19.2. The number of amides is 2. The number of nitrogens with one attached hydrogen (secondary N) is 2. The van der Waals surface area contributed by atoms with E-state index in [1.54, 1.807) is 11.8 Å². The molecule has 1 heterocycles. The molecule has 0 saturated carbocycles. The summed E-state index contributed by atoms with van der Waals surface area (Å²) in [6.07, 6.45) is 2.05. The highest BCUT2D eigenvalue weighted by Crippen LogP contribution is 2.26. The van der Waals surface area contributed by atoms with E-state index in [9.17, 15) is 9.59 Å². The van der Waals surface area contributed by atoms with Crippen LogP contribution in [-0.4, -0.2) is 23.1 Å². The number of aromatic nitrogens is 1. The third-order valence-corrected chi connectivity index (χ3v) is 5.13. The number of anilines is 2. The Morgan fingerprint density at radius 3 is 2.37 bits per heavy atom. The molecule has 3 aromatic rings. The molecule has 0 aliphatic carbocycles. The quantitative estimate of drug-likeness (QED) is 0.622. The average Bonchev–Trinajstić information content (AvgIpc) is 3.11. The fourth-order valence-electron chi connectivity index (χ4n) is 2.48. The summed E-state index contributed by atoms with van der Waals surface area (Å²) in [7, 11) is 0. The van der Waals surface area contributed by atoms with E-state index in [0.29, 0.717) is 10.7 Å². The van der Waals surface area contributed by atoms with E-state index in [4.69, 9.17) is 0 Å². The van der Waals surface area contributed by atoms with Gasteiger partial charge in [-0.25, -0.2) is 4.98 Å². The van der Waals surface area contributed by atoms with Crippen LogP contribution in [0.4, 0.5) is 10.8 Å². The molecule has 0 saturated heterocycles. The SMILES string of the molecule is CSCc1ccc(C(=O)Nc2nc(-c3ccc(NC(C)=O)cc3)cs2)cc1. The number of thioether (sulfide) groups is 1. The lowest BCUT2D eigenvalue weighted by Gasteiger charge is -2.04. The van der Waals surface area contributed by atoms with Crippen LogP contribution in [-0.2, 0) is 10.5 Å². The first-order chi connectivity index (χ1) is 13.0. The number of thiazole rings is 1. The second-order valence-corrected chi connectivity index (χ2v) is 7.60. The largest absolute Gasteiger partial charge is 0.326 e. The Morgan fingerprint density at radius 2 is 1.74 bits per heavy atom. The number of hydrogen-bond donors (Lipinski definition) is 2. The van der Waals surface area contributed by atoms with Crippen molar-refractivity contribution in [3.8, 4) is 11.3 Å². The zero-order valence-electron chi connectivity index (χ0n) is 15.0. The van der Waals surface area contributed by atoms with E-state index in [0.717, 1.165) is 22.7 Å². The molecule has 0 unspecified atom stereocenters. The van der Waals surface area contributed by atoms with Crippen molar-refractivity contribution < 1.29 is 9.59 Å². The maximum absolute atomic E-state index is 12.4. The van der Waals surface area contributed by atoms with E-state index in [-0.39, 0.29) is 11.8 Å². The Hall–Kier alpha value is -2.64. The molecule has 0 aliphatic rings. The molecule has 0 atom stereocenters. The minimum atomic E-state index is -0.174. The van der Waals surface area contributed by atoms with Crippen LogP contribution in [0.1, 0.15) is 22.8 Å². The van der Waals surface area contributed by atoms with Crippen molar-refractivity contribution in [2.75, 3.05) is 16.9 Å².